The van der Waals surface area contributed by atoms with E-state index in [1.165, 1.54) is 11.1 Å². The summed E-state index contributed by atoms with van der Waals surface area (Å²) >= 11 is 0. The van der Waals surface area contributed by atoms with Gasteiger partial charge in [-0.05, 0) is 24.1 Å². The normalized spacial score (nSPS) is 10.8. The molecule has 2 heteroatoms. The van der Waals surface area contributed by atoms with Gasteiger partial charge >= 0.3 is 0 Å². The Morgan fingerprint density at radius 1 is 1.42 bits per heavy atom. The number of rotatable bonds is 1. The molecule has 1 aromatic carbocycles. The summed E-state index contributed by atoms with van der Waals surface area (Å²) in [5.74, 6) is 0. The van der Waals surface area contributed by atoms with E-state index in [0.29, 0.717) is 0 Å². The Balaban J connectivity index is 2.69. The number of fused-ring (bicyclic) bond motifs is 1. The molecule has 0 radical (unpaired) electrons. The molecule has 1 aromatic heterocycles. The second kappa shape index (κ2) is 2.63. The molecule has 0 spiro atoms. The zero-order chi connectivity index (χ0) is 8.55. The molecule has 0 bridgehead atoms. The third kappa shape index (κ3) is 0.998. The zero-order valence-corrected chi connectivity index (χ0v) is 7.41. The largest absolute Gasteiger partial charge is 0.334 e. The van der Waals surface area contributed by atoms with Crippen molar-refractivity contribution in [1.82, 2.24) is 9.55 Å². The molecule has 0 saturated heterocycles. The highest BCUT2D eigenvalue weighted by molar-refractivity contribution is 5.75. The van der Waals surface area contributed by atoms with Crippen LogP contribution in [0.5, 0.6) is 0 Å². The number of nitrogens with zero attached hydrogens (tertiary/aromatic N) is 2. The number of imidazole rings is 1. The van der Waals surface area contributed by atoms with E-state index in [-0.39, 0.29) is 0 Å². The van der Waals surface area contributed by atoms with E-state index in [1.807, 2.05) is 17.9 Å². The minimum atomic E-state index is 1.08. The van der Waals surface area contributed by atoms with E-state index < -0.39 is 0 Å². The van der Waals surface area contributed by atoms with E-state index >= 15 is 0 Å². The monoisotopic (exact) mass is 160 g/mol. The van der Waals surface area contributed by atoms with Gasteiger partial charge in [-0.2, -0.15) is 0 Å². The summed E-state index contributed by atoms with van der Waals surface area (Å²) in [4.78, 5) is 4.29. The molecule has 1 heterocycles. The van der Waals surface area contributed by atoms with Gasteiger partial charge in [0.05, 0.1) is 17.4 Å². The van der Waals surface area contributed by atoms with Crippen molar-refractivity contribution in [2.45, 2.75) is 13.3 Å². The molecule has 0 saturated carbocycles. The van der Waals surface area contributed by atoms with Crippen LogP contribution in [-0.2, 0) is 13.5 Å². The maximum absolute atomic E-state index is 4.29. The van der Waals surface area contributed by atoms with Gasteiger partial charge in [0.25, 0.3) is 0 Å². The molecule has 0 aliphatic heterocycles. The van der Waals surface area contributed by atoms with Crippen molar-refractivity contribution >= 4 is 11.0 Å². The topological polar surface area (TPSA) is 17.8 Å². The molecule has 12 heavy (non-hydrogen) atoms. The van der Waals surface area contributed by atoms with E-state index in [9.17, 15) is 0 Å². The van der Waals surface area contributed by atoms with Crippen molar-refractivity contribution < 1.29 is 0 Å². The molecule has 0 aliphatic carbocycles. The molecule has 0 aliphatic rings. The quantitative estimate of drug-likeness (QED) is 0.625. The van der Waals surface area contributed by atoms with Crippen molar-refractivity contribution in [3.63, 3.8) is 0 Å². The number of hydrogen-bond acceptors (Lipinski definition) is 1. The number of aromatic nitrogens is 2. The van der Waals surface area contributed by atoms with Crippen LogP contribution in [-0.4, -0.2) is 9.55 Å². The minimum Gasteiger partial charge on any atom is -0.334 e. The van der Waals surface area contributed by atoms with Crippen molar-refractivity contribution in [1.29, 1.82) is 0 Å². The molecular formula is C10H12N2. The van der Waals surface area contributed by atoms with Crippen LogP contribution in [0.25, 0.3) is 11.0 Å². The smallest absolute Gasteiger partial charge is 0.0955 e. The van der Waals surface area contributed by atoms with Crippen molar-refractivity contribution in [3.8, 4) is 0 Å². The van der Waals surface area contributed by atoms with E-state index in [1.54, 1.807) is 0 Å². The summed E-state index contributed by atoms with van der Waals surface area (Å²) in [5, 5.41) is 0. The fourth-order valence-electron chi connectivity index (χ4n) is 1.40. The molecule has 0 unspecified atom stereocenters. The Bertz CT molecular complexity index is 401. The van der Waals surface area contributed by atoms with Crippen LogP contribution in [0.2, 0.25) is 0 Å². The lowest BCUT2D eigenvalue weighted by atomic mass is 10.1. The van der Waals surface area contributed by atoms with Gasteiger partial charge in [-0.1, -0.05) is 13.0 Å². The fraction of sp³-hybridized carbons (Fsp3) is 0.300. The molecular weight excluding hydrogens is 148 g/mol. The lowest BCUT2D eigenvalue weighted by molar-refractivity contribution is 0.947. The minimum absolute atomic E-state index is 1.08. The molecule has 0 N–H and O–H groups in total. The van der Waals surface area contributed by atoms with E-state index in [2.05, 4.69) is 30.1 Å². The van der Waals surface area contributed by atoms with E-state index in [0.717, 1.165) is 11.9 Å². The van der Waals surface area contributed by atoms with Crippen LogP contribution in [0.4, 0.5) is 0 Å². The molecule has 2 rings (SSSR count). The van der Waals surface area contributed by atoms with E-state index in [4.69, 9.17) is 0 Å². The Hall–Kier alpha value is -1.31. The maximum atomic E-state index is 4.29. The van der Waals surface area contributed by atoms with Gasteiger partial charge in [-0.15, -0.1) is 0 Å². The van der Waals surface area contributed by atoms with Crippen molar-refractivity contribution in [3.05, 3.63) is 30.1 Å². The summed E-state index contributed by atoms with van der Waals surface area (Å²) in [6.07, 6.45) is 2.93. The average Bonchev–Trinajstić information content (AvgIpc) is 2.47. The van der Waals surface area contributed by atoms with Crippen molar-refractivity contribution in [2.24, 2.45) is 7.05 Å². The molecule has 0 fully saturated rings. The number of benzene rings is 1. The highest BCUT2D eigenvalue weighted by Gasteiger charge is 1.98. The van der Waals surface area contributed by atoms with Gasteiger partial charge < -0.3 is 4.57 Å². The number of aryl methyl sites for hydroxylation is 2. The Labute approximate surface area is 71.8 Å². The van der Waals surface area contributed by atoms with Gasteiger partial charge in [0.15, 0.2) is 0 Å². The first-order valence-electron chi connectivity index (χ1n) is 4.21. The summed E-state index contributed by atoms with van der Waals surface area (Å²) in [6.45, 7) is 2.16. The van der Waals surface area contributed by atoms with Gasteiger partial charge in [0.2, 0.25) is 0 Å². The predicted molar refractivity (Wildman–Crippen MR) is 50.1 cm³/mol. The zero-order valence-electron chi connectivity index (χ0n) is 7.41. The van der Waals surface area contributed by atoms with Gasteiger partial charge in [-0.3, -0.25) is 0 Å². The standard InChI is InChI=1S/C10H12N2/c1-3-8-4-5-10-9(6-8)11-7-12(10)2/h4-7H,3H2,1-2H3. The molecule has 0 atom stereocenters. The Kier molecular flexibility index (Phi) is 1.61. The maximum Gasteiger partial charge on any atom is 0.0955 e. The first kappa shape index (κ1) is 7.35. The van der Waals surface area contributed by atoms with Gasteiger partial charge in [0, 0.05) is 7.05 Å². The van der Waals surface area contributed by atoms with Crippen LogP contribution in [0.15, 0.2) is 24.5 Å². The lowest BCUT2D eigenvalue weighted by Gasteiger charge is -1.96. The second-order valence-corrected chi connectivity index (χ2v) is 3.03. The second-order valence-electron chi connectivity index (χ2n) is 3.03. The van der Waals surface area contributed by atoms with Crippen LogP contribution < -0.4 is 0 Å². The fourth-order valence-corrected chi connectivity index (χ4v) is 1.40. The first-order valence-corrected chi connectivity index (χ1v) is 4.21. The van der Waals surface area contributed by atoms with Crippen LogP contribution in [0.1, 0.15) is 12.5 Å². The first-order chi connectivity index (χ1) is 5.81. The summed E-state index contributed by atoms with van der Waals surface area (Å²) in [7, 11) is 2.01. The summed E-state index contributed by atoms with van der Waals surface area (Å²) in [6, 6.07) is 6.43. The summed E-state index contributed by atoms with van der Waals surface area (Å²) < 4.78 is 2.04. The third-order valence-electron chi connectivity index (χ3n) is 2.20. The van der Waals surface area contributed by atoms with Gasteiger partial charge in [0.1, 0.15) is 0 Å². The molecule has 2 aromatic rings. The van der Waals surface area contributed by atoms with Crippen LogP contribution in [0, 0.1) is 0 Å². The Morgan fingerprint density at radius 2 is 2.25 bits per heavy atom. The molecule has 2 nitrogen and oxygen atoms in total. The van der Waals surface area contributed by atoms with Crippen molar-refractivity contribution in [2.75, 3.05) is 0 Å². The van der Waals surface area contributed by atoms with Crippen LogP contribution >= 0.6 is 0 Å². The number of hydrogen-bond donors (Lipinski definition) is 0. The van der Waals surface area contributed by atoms with Crippen LogP contribution in [0.3, 0.4) is 0 Å². The third-order valence-corrected chi connectivity index (χ3v) is 2.20. The predicted octanol–water partition coefficient (Wildman–Crippen LogP) is 2.14. The highest BCUT2D eigenvalue weighted by Crippen LogP contribution is 2.13. The lowest BCUT2D eigenvalue weighted by Crippen LogP contribution is -1.84. The highest BCUT2D eigenvalue weighted by atomic mass is 15.0. The molecule has 62 valence electrons. The van der Waals surface area contributed by atoms with Gasteiger partial charge in [-0.25, -0.2) is 4.98 Å². The SMILES string of the molecule is CCc1ccc2c(c1)ncn2C. The average molecular weight is 160 g/mol. The summed E-state index contributed by atoms with van der Waals surface area (Å²) in [5.41, 5.74) is 3.64. The Morgan fingerprint density at radius 3 is 3.00 bits per heavy atom. The molecule has 0 amide bonds.